The van der Waals surface area contributed by atoms with E-state index in [2.05, 4.69) is 15.9 Å². The molecule has 0 heterocycles. The van der Waals surface area contributed by atoms with Crippen molar-refractivity contribution in [3.8, 4) is 11.5 Å². The van der Waals surface area contributed by atoms with Gasteiger partial charge in [0.25, 0.3) is 0 Å². The summed E-state index contributed by atoms with van der Waals surface area (Å²) in [5.41, 5.74) is -0.107. The Kier molecular flexibility index (Phi) is 4.17. The van der Waals surface area contributed by atoms with Crippen LogP contribution >= 0.6 is 27.5 Å². The van der Waals surface area contributed by atoms with Crippen molar-refractivity contribution in [1.82, 2.24) is 0 Å². The van der Waals surface area contributed by atoms with Gasteiger partial charge in [-0.3, -0.25) is 4.79 Å². The molecule has 2 aromatic carbocycles. The molecule has 6 heteroatoms. The Labute approximate surface area is 121 Å². The molecule has 0 unspecified atom stereocenters. The first-order valence-corrected chi connectivity index (χ1v) is 6.25. The highest BCUT2D eigenvalue weighted by atomic mass is 79.9. The maximum absolute atomic E-state index is 13.6. The Hall–Kier alpha value is -1.46. The number of benzene rings is 2. The maximum atomic E-state index is 13.6. The minimum absolute atomic E-state index is 0.107. The van der Waals surface area contributed by atoms with E-state index >= 15 is 0 Å². The first-order valence-electron chi connectivity index (χ1n) is 5.08. The fourth-order valence-electron chi connectivity index (χ4n) is 1.41. The van der Waals surface area contributed by atoms with Gasteiger partial charge in [0, 0.05) is 10.0 Å². The number of carbonyl (C=O) groups is 1. The van der Waals surface area contributed by atoms with Gasteiger partial charge in [0.05, 0.1) is 5.02 Å². The Bertz CT molecular complexity index is 624. The Morgan fingerprint density at radius 1 is 1.16 bits per heavy atom. The lowest BCUT2D eigenvalue weighted by Crippen LogP contribution is -1.95. The molecule has 0 aliphatic carbocycles. The van der Waals surface area contributed by atoms with Gasteiger partial charge >= 0.3 is 0 Å². The summed E-state index contributed by atoms with van der Waals surface area (Å²) in [4.78, 5) is 10.5. The maximum Gasteiger partial charge on any atom is 0.198 e. The lowest BCUT2D eigenvalue weighted by molar-refractivity contribution is 0.112. The molecule has 19 heavy (non-hydrogen) atoms. The van der Waals surface area contributed by atoms with Gasteiger partial charge in [-0.15, -0.1) is 0 Å². The van der Waals surface area contributed by atoms with Gasteiger partial charge in [0.15, 0.2) is 17.4 Å². The number of aldehydes is 1. The summed E-state index contributed by atoms with van der Waals surface area (Å²) >= 11 is 9.09. The molecule has 2 rings (SSSR count). The zero-order valence-corrected chi connectivity index (χ0v) is 11.6. The van der Waals surface area contributed by atoms with Crippen LogP contribution in [0.15, 0.2) is 34.8 Å². The van der Waals surface area contributed by atoms with Crippen LogP contribution in [-0.4, -0.2) is 6.29 Å². The van der Waals surface area contributed by atoms with Gasteiger partial charge < -0.3 is 4.74 Å². The molecule has 0 aliphatic heterocycles. The predicted molar refractivity (Wildman–Crippen MR) is 71.0 cm³/mol. The van der Waals surface area contributed by atoms with Crippen molar-refractivity contribution in [3.63, 3.8) is 0 Å². The summed E-state index contributed by atoms with van der Waals surface area (Å²) in [6.45, 7) is 0. The van der Waals surface area contributed by atoms with Crippen LogP contribution in [0.2, 0.25) is 5.02 Å². The molecule has 0 spiro atoms. The topological polar surface area (TPSA) is 26.3 Å². The molecular weight excluding hydrogens is 341 g/mol. The van der Waals surface area contributed by atoms with Gasteiger partial charge in [-0.2, -0.15) is 0 Å². The van der Waals surface area contributed by atoms with E-state index in [0.29, 0.717) is 10.8 Å². The van der Waals surface area contributed by atoms with E-state index in [9.17, 15) is 13.6 Å². The van der Waals surface area contributed by atoms with E-state index in [1.807, 2.05) is 0 Å². The largest absolute Gasteiger partial charge is 0.450 e. The Balaban J connectivity index is 2.41. The van der Waals surface area contributed by atoms with Gasteiger partial charge in [0.2, 0.25) is 0 Å². The Morgan fingerprint density at radius 3 is 2.32 bits per heavy atom. The van der Waals surface area contributed by atoms with Crippen LogP contribution in [0.3, 0.4) is 0 Å². The molecule has 0 radical (unpaired) electrons. The van der Waals surface area contributed by atoms with E-state index < -0.39 is 17.4 Å². The molecule has 0 fully saturated rings. The highest BCUT2D eigenvalue weighted by Gasteiger charge is 2.15. The van der Waals surface area contributed by atoms with Crippen LogP contribution in [-0.2, 0) is 0 Å². The molecule has 0 saturated carbocycles. The van der Waals surface area contributed by atoms with Crippen molar-refractivity contribution < 1.29 is 18.3 Å². The summed E-state index contributed by atoms with van der Waals surface area (Å²) in [6, 6.07) is 6.40. The minimum Gasteiger partial charge on any atom is -0.450 e. The fraction of sp³-hybridized carbons (Fsp3) is 0. The van der Waals surface area contributed by atoms with Crippen molar-refractivity contribution in [1.29, 1.82) is 0 Å². The third kappa shape index (κ3) is 3.11. The van der Waals surface area contributed by atoms with Crippen molar-refractivity contribution in [2.75, 3.05) is 0 Å². The second kappa shape index (κ2) is 5.67. The number of halogens is 4. The number of carbonyl (C=O) groups excluding carboxylic acids is 1. The molecule has 0 amide bonds. The van der Waals surface area contributed by atoms with E-state index in [1.54, 1.807) is 6.07 Å². The van der Waals surface area contributed by atoms with Gasteiger partial charge in [0.1, 0.15) is 12.0 Å². The van der Waals surface area contributed by atoms with Crippen LogP contribution in [0.1, 0.15) is 10.4 Å². The second-order valence-corrected chi connectivity index (χ2v) is 4.93. The summed E-state index contributed by atoms with van der Waals surface area (Å²) in [5, 5.41) is 0.202. The first-order chi connectivity index (χ1) is 9.01. The van der Waals surface area contributed by atoms with Crippen molar-refractivity contribution >= 4 is 33.8 Å². The first kappa shape index (κ1) is 14.0. The van der Waals surface area contributed by atoms with Crippen LogP contribution in [0.5, 0.6) is 11.5 Å². The standard InChI is InChI=1S/C13H6BrClF2O2/c14-8-1-2-12(9(15)5-8)19-13-10(16)3-7(6-18)4-11(13)17/h1-6H. The molecule has 98 valence electrons. The van der Waals surface area contributed by atoms with E-state index in [0.717, 1.165) is 12.1 Å². The lowest BCUT2D eigenvalue weighted by Gasteiger charge is -2.10. The second-order valence-electron chi connectivity index (χ2n) is 3.61. The molecule has 0 N–H and O–H groups in total. The van der Waals surface area contributed by atoms with Crippen LogP contribution < -0.4 is 4.74 Å². The quantitative estimate of drug-likeness (QED) is 0.732. The summed E-state index contributed by atoms with van der Waals surface area (Å²) in [6.07, 6.45) is 0.350. The molecule has 0 aromatic heterocycles. The predicted octanol–water partition coefficient (Wildman–Crippen LogP) is 4.99. The highest BCUT2D eigenvalue weighted by Crippen LogP contribution is 2.34. The zero-order valence-electron chi connectivity index (χ0n) is 9.29. The highest BCUT2D eigenvalue weighted by molar-refractivity contribution is 9.10. The Morgan fingerprint density at radius 2 is 1.79 bits per heavy atom. The summed E-state index contributed by atoms with van der Waals surface area (Å²) in [7, 11) is 0. The molecule has 2 nitrogen and oxygen atoms in total. The third-order valence-corrected chi connectivity index (χ3v) is 3.05. The minimum atomic E-state index is -0.971. The third-order valence-electron chi connectivity index (χ3n) is 2.26. The van der Waals surface area contributed by atoms with Crippen LogP contribution in [0.4, 0.5) is 8.78 Å². The molecule has 0 atom stereocenters. The molecule has 0 bridgehead atoms. The molecule has 0 saturated heterocycles. The molecular formula is C13H6BrClF2O2. The van der Waals surface area contributed by atoms with Gasteiger partial charge in [-0.1, -0.05) is 27.5 Å². The number of rotatable bonds is 3. The zero-order chi connectivity index (χ0) is 14.0. The van der Waals surface area contributed by atoms with Crippen molar-refractivity contribution in [2.24, 2.45) is 0 Å². The smallest absolute Gasteiger partial charge is 0.198 e. The van der Waals surface area contributed by atoms with Crippen LogP contribution in [0, 0.1) is 11.6 Å². The number of hydrogen-bond donors (Lipinski definition) is 0. The van der Waals surface area contributed by atoms with Gasteiger partial charge in [-0.05, 0) is 30.3 Å². The van der Waals surface area contributed by atoms with Crippen molar-refractivity contribution in [2.45, 2.75) is 0 Å². The van der Waals surface area contributed by atoms with Gasteiger partial charge in [-0.25, -0.2) is 8.78 Å². The normalized spacial score (nSPS) is 10.3. The monoisotopic (exact) mass is 346 g/mol. The molecule has 2 aromatic rings. The molecule has 0 aliphatic rings. The lowest BCUT2D eigenvalue weighted by atomic mass is 10.2. The van der Waals surface area contributed by atoms with Crippen LogP contribution in [0.25, 0.3) is 0 Å². The fourth-order valence-corrected chi connectivity index (χ4v) is 2.12. The average Bonchev–Trinajstić information content (AvgIpc) is 2.35. The number of hydrogen-bond acceptors (Lipinski definition) is 2. The number of ether oxygens (including phenoxy) is 1. The van der Waals surface area contributed by atoms with E-state index in [-0.39, 0.29) is 16.3 Å². The SMILES string of the molecule is O=Cc1cc(F)c(Oc2ccc(Br)cc2Cl)c(F)c1. The van der Waals surface area contributed by atoms with E-state index in [1.165, 1.54) is 12.1 Å². The summed E-state index contributed by atoms with van der Waals surface area (Å²) < 4.78 is 33.1. The van der Waals surface area contributed by atoms with E-state index in [4.69, 9.17) is 16.3 Å². The average molecular weight is 348 g/mol. The summed E-state index contributed by atoms with van der Waals surface area (Å²) in [5.74, 6) is -2.43. The van der Waals surface area contributed by atoms with Crippen molar-refractivity contribution in [3.05, 3.63) is 57.0 Å².